The number of nitrogens with zero attached hydrogens (tertiary/aromatic N) is 1. The van der Waals surface area contributed by atoms with E-state index in [0.29, 0.717) is 0 Å². The minimum atomic E-state index is -0.332. The average molecular weight is 227 g/mol. The molecule has 16 heavy (non-hydrogen) atoms. The van der Waals surface area contributed by atoms with Crippen LogP contribution in [0.4, 0.5) is 0 Å². The van der Waals surface area contributed by atoms with Crippen molar-refractivity contribution in [3.05, 3.63) is 0 Å². The van der Waals surface area contributed by atoms with E-state index in [1.807, 2.05) is 6.92 Å². The highest BCUT2D eigenvalue weighted by Gasteiger charge is 2.27. The highest BCUT2D eigenvalue weighted by molar-refractivity contribution is 5.81. The van der Waals surface area contributed by atoms with E-state index >= 15 is 0 Å². The summed E-state index contributed by atoms with van der Waals surface area (Å²) in [6.45, 7) is 6.95. The molecule has 94 valence electrons. The van der Waals surface area contributed by atoms with Gasteiger partial charge in [-0.3, -0.25) is 9.69 Å². The Morgan fingerprint density at radius 3 is 2.69 bits per heavy atom. The van der Waals surface area contributed by atoms with Crippen LogP contribution in [-0.2, 0) is 4.79 Å². The fourth-order valence-corrected chi connectivity index (χ4v) is 1.93. The van der Waals surface area contributed by atoms with Crippen LogP contribution in [0, 0.1) is 0 Å². The maximum atomic E-state index is 11.5. The number of hydrogen-bond acceptors (Lipinski definition) is 3. The van der Waals surface area contributed by atoms with Crippen LogP contribution in [0.5, 0.6) is 0 Å². The molecule has 0 unspecified atom stereocenters. The number of nitrogens with two attached hydrogens (primary N) is 1. The fourth-order valence-electron chi connectivity index (χ4n) is 1.93. The van der Waals surface area contributed by atoms with Gasteiger partial charge in [0.15, 0.2) is 0 Å². The fraction of sp³-hybridized carbons (Fsp3) is 0.917. The van der Waals surface area contributed by atoms with E-state index in [1.54, 1.807) is 0 Å². The zero-order valence-electron chi connectivity index (χ0n) is 10.5. The lowest BCUT2D eigenvalue weighted by molar-refractivity contribution is -0.122. The molecule has 0 aromatic heterocycles. The van der Waals surface area contributed by atoms with E-state index in [9.17, 15) is 4.79 Å². The molecular weight excluding hydrogens is 202 g/mol. The van der Waals surface area contributed by atoms with Crippen LogP contribution in [0.2, 0.25) is 0 Å². The monoisotopic (exact) mass is 227 g/mol. The molecule has 1 atom stereocenters. The van der Waals surface area contributed by atoms with Crippen LogP contribution in [-0.4, -0.2) is 42.5 Å². The van der Waals surface area contributed by atoms with Gasteiger partial charge in [-0.15, -0.1) is 0 Å². The van der Waals surface area contributed by atoms with Crippen molar-refractivity contribution in [2.45, 2.75) is 51.6 Å². The van der Waals surface area contributed by atoms with Crippen molar-refractivity contribution in [3.63, 3.8) is 0 Å². The van der Waals surface area contributed by atoms with Crippen LogP contribution in [0.15, 0.2) is 0 Å². The first kappa shape index (κ1) is 13.5. The van der Waals surface area contributed by atoms with E-state index in [0.717, 1.165) is 38.5 Å². The van der Waals surface area contributed by atoms with Crippen molar-refractivity contribution < 1.29 is 4.79 Å². The number of likely N-dealkylation sites (N-methyl/N-ethyl adjacent to an activating group) is 1. The average Bonchev–Trinajstić information content (AvgIpc) is 3.08. The van der Waals surface area contributed by atoms with Gasteiger partial charge in [-0.25, -0.2) is 0 Å². The van der Waals surface area contributed by atoms with E-state index in [2.05, 4.69) is 17.1 Å². The molecule has 3 N–H and O–H groups in total. The van der Waals surface area contributed by atoms with Crippen LogP contribution >= 0.6 is 0 Å². The van der Waals surface area contributed by atoms with Crippen LogP contribution in [0.3, 0.4) is 0 Å². The van der Waals surface area contributed by atoms with Crippen LogP contribution in [0.1, 0.15) is 39.5 Å². The van der Waals surface area contributed by atoms with Gasteiger partial charge >= 0.3 is 0 Å². The summed E-state index contributed by atoms with van der Waals surface area (Å²) in [7, 11) is 0. The Balaban J connectivity index is 2.11. The smallest absolute Gasteiger partial charge is 0.236 e. The molecule has 1 aliphatic rings. The lowest BCUT2D eigenvalue weighted by Crippen LogP contribution is -2.43. The quantitative estimate of drug-likeness (QED) is 0.642. The van der Waals surface area contributed by atoms with Gasteiger partial charge in [0.2, 0.25) is 5.91 Å². The van der Waals surface area contributed by atoms with Crippen LogP contribution < -0.4 is 11.1 Å². The van der Waals surface area contributed by atoms with Gasteiger partial charge in [0.05, 0.1) is 6.04 Å². The second-order valence-electron chi connectivity index (χ2n) is 4.55. The van der Waals surface area contributed by atoms with E-state index in [4.69, 9.17) is 5.73 Å². The lowest BCUT2D eigenvalue weighted by Gasteiger charge is -2.20. The Kier molecular flexibility index (Phi) is 5.77. The van der Waals surface area contributed by atoms with Gasteiger partial charge in [0, 0.05) is 19.1 Å². The van der Waals surface area contributed by atoms with Crippen LogP contribution in [0.25, 0.3) is 0 Å². The molecule has 0 saturated heterocycles. The number of nitrogens with one attached hydrogen (secondary N) is 1. The highest BCUT2D eigenvalue weighted by Crippen LogP contribution is 2.25. The van der Waals surface area contributed by atoms with Gasteiger partial charge < -0.3 is 11.1 Å². The molecule has 4 nitrogen and oxygen atoms in total. The zero-order valence-corrected chi connectivity index (χ0v) is 10.5. The summed E-state index contributed by atoms with van der Waals surface area (Å²) in [5.74, 6) is -0.00583. The van der Waals surface area contributed by atoms with E-state index in [-0.39, 0.29) is 11.9 Å². The first-order valence-electron chi connectivity index (χ1n) is 6.46. The van der Waals surface area contributed by atoms with Crippen molar-refractivity contribution in [3.8, 4) is 0 Å². The molecule has 4 heteroatoms. The zero-order chi connectivity index (χ0) is 12.0. The summed E-state index contributed by atoms with van der Waals surface area (Å²) in [6.07, 6.45) is 4.36. The molecule has 0 radical (unpaired) electrons. The second-order valence-corrected chi connectivity index (χ2v) is 4.55. The van der Waals surface area contributed by atoms with E-state index in [1.165, 1.54) is 12.8 Å². The summed E-state index contributed by atoms with van der Waals surface area (Å²) < 4.78 is 0. The Morgan fingerprint density at radius 1 is 1.50 bits per heavy atom. The Morgan fingerprint density at radius 2 is 2.19 bits per heavy atom. The molecule has 0 spiro atoms. The number of rotatable bonds is 8. The van der Waals surface area contributed by atoms with Crippen molar-refractivity contribution in [1.82, 2.24) is 10.2 Å². The molecule has 0 bridgehead atoms. The standard InChI is InChI=1S/C12H25N3O/c1-3-5-11(13)12(16)14-8-9-15(4-2)10-6-7-10/h10-11H,3-9,13H2,1-2H3,(H,14,16)/t11-/m1/s1. The molecule has 1 rings (SSSR count). The topological polar surface area (TPSA) is 58.4 Å². The highest BCUT2D eigenvalue weighted by atomic mass is 16.2. The largest absolute Gasteiger partial charge is 0.353 e. The van der Waals surface area contributed by atoms with E-state index < -0.39 is 0 Å². The third-order valence-electron chi connectivity index (χ3n) is 3.10. The Labute approximate surface area is 98.6 Å². The minimum Gasteiger partial charge on any atom is -0.353 e. The van der Waals surface area contributed by atoms with Gasteiger partial charge in [-0.1, -0.05) is 20.3 Å². The minimum absolute atomic E-state index is 0.00583. The molecule has 1 aliphatic carbocycles. The number of amides is 1. The molecule has 0 aliphatic heterocycles. The normalized spacial score (nSPS) is 17.5. The molecule has 0 aromatic carbocycles. The van der Waals surface area contributed by atoms with Crippen molar-refractivity contribution in [2.75, 3.05) is 19.6 Å². The molecule has 0 heterocycles. The molecule has 1 fully saturated rings. The molecule has 1 amide bonds. The Hall–Kier alpha value is -0.610. The third-order valence-corrected chi connectivity index (χ3v) is 3.10. The Bertz CT molecular complexity index is 216. The maximum Gasteiger partial charge on any atom is 0.236 e. The van der Waals surface area contributed by atoms with Gasteiger partial charge in [0.1, 0.15) is 0 Å². The van der Waals surface area contributed by atoms with Gasteiger partial charge in [-0.05, 0) is 25.8 Å². The molecular formula is C12H25N3O. The van der Waals surface area contributed by atoms with Crippen molar-refractivity contribution in [2.24, 2.45) is 5.73 Å². The van der Waals surface area contributed by atoms with Crippen molar-refractivity contribution >= 4 is 5.91 Å². The summed E-state index contributed by atoms with van der Waals surface area (Å²) in [6, 6.07) is 0.437. The summed E-state index contributed by atoms with van der Waals surface area (Å²) in [4.78, 5) is 14.0. The molecule has 1 saturated carbocycles. The lowest BCUT2D eigenvalue weighted by atomic mass is 10.2. The van der Waals surface area contributed by atoms with Gasteiger partial charge in [-0.2, -0.15) is 0 Å². The van der Waals surface area contributed by atoms with Crippen molar-refractivity contribution in [1.29, 1.82) is 0 Å². The number of carbonyl (C=O) groups is 1. The first-order chi connectivity index (χ1) is 7.69. The summed E-state index contributed by atoms with van der Waals surface area (Å²) in [5.41, 5.74) is 5.72. The van der Waals surface area contributed by atoms with Gasteiger partial charge in [0.25, 0.3) is 0 Å². The summed E-state index contributed by atoms with van der Waals surface area (Å²) in [5, 5.41) is 2.91. The predicted molar refractivity (Wildman–Crippen MR) is 66.2 cm³/mol. The first-order valence-corrected chi connectivity index (χ1v) is 6.46. The summed E-state index contributed by atoms with van der Waals surface area (Å²) >= 11 is 0. The third kappa shape index (κ3) is 4.49. The number of carbonyl (C=O) groups excluding carboxylic acids is 1. The predicted octanol–water partition coefficient (Wildman–Crippen LogP) is 0.714. The maximum absolute atomic E-state index is 11.5. The number of hydrogen-bond donors (Lipinski definition) is 2. The SMILES string of the molecule is CCC[C@@H](N)C(=O)NCCN(CC)C1CC1. The second kappa shape index (κ2) is 6.86. The molecule has 0 aromatic rings.